The fraction of sp³-hybridized carbons (Fsp3) is 0.312. The Hall–Kier alpha value is -2.08. The fourth-order valence-corrected chi connectivity index (χ4v) is 3.21. The largest absolute Gasteiger partial charge is 0.497 e. The van der Waals surface area contributed by atoms with E-state index in [2.05, 4.69) is 17.1 Å². The number of ketones is 1. The maximum absolute atomic E-state index is 11.5. The molecule has 2 aromatic heterocycles. The summed E-state index contributed by atoms with van der Waals surface area (Å²) in [4.78, 5) is 11.5. The van der Waals surface area contributed by atoms with Gasteiger partial charge in [0.15, 0.2) is 10.8 Å². The van der Waals surface area contributed by atoms with Crippen LogP contribution < -0.4 is 4.74 Å². The van der Waals surface area contributed by atoms with Gasteiger partial charge in [-0.2, -0.15) is 0 Å². The molecule has 22 heavy (non-hydrogen) atoms. The normalized spacial score (nSPS) is 12.7. The van der Waals surface area contributed by atoms with E-state index in [1.54, 1.807) is 14.0 Å². The van der Waals surface area contributed by atoms with Crippen LogP contribution in [0, 0.1) is 6.92 Å². The molecule has 0 bridgehead atoms. The van der Waals surface area contributed by atoms with Gasteiger partial charge in [0.1, 0.15) is 11.5 Å². The van der Waals surface area contributed by atoms with Gasteiger partial charge in [-0.25, -0.2) is 0 Å². The number of Topliss-reactive ketones (excluding diaryl/α,β-unsaturated/α-hetero) is 1. The van der Waals surface area contributed by atoms with Crippen molar-refractivity contribution in [3.05, 3.63) is 29.8 Å². The predicted octanol–water partition coefficient (Wildman–Crippen LogP) is 3.27. The van der Waals surface area contributed by atoms with Crippen LogP contribution in [0.1, 0.15) is 19.4 Å². The first-order valence-corrected chi connectivity index (χ1v) is 7.89. The van der Waals surface area contributed by atoms with Gasteiger partial charge in [0, 0.05) is 11.5 Å². The van der Waals surface area contributed by atoms with Crippen molar-refractivity contribution in [3.63, 3.8) is 0 Å². The number of fused-ring (bicyclic) bond motifs is 3. The van der Waals surface area contributed by atoms with E-state index in [1.165, 1.54) is 11.8 Å². The second kappa shape index (κ2) is 5.61. The number of aromatic nitrogens is 3. The number of rotatable bonds is 4. The molecule has 0 amide bonds. The summed E-state index contributed by atoms with van der Waals surface area (Å²) >= 11 is 1.42. The Labute approximate surface area is 132 Å². The van der Waals surface area contributed by atoms with Crippen molar-refractivity contribution in [1.82, 2.24) is 14.6 Å². The third-order valence-corrected chi connectivity index (χ3v) is 4.89. The van der Waals surface area contributed by atoms with Gasteiger partial charge in [-0.1, -0.05) is 11.8 Å². The summed E-state index contributed by atoms with van der Waals surface area (Å²) in [6, 6.07) is 7.95. The van der Waals surface area contributed by atoms with Gasteiger partial charge in [0.05, 0.1) is 17.9 Å². The molecule has 0 radical (unpaired) electrons. The van der Waals surface area contributed by atoms with Crippen LogP contribution >= 0.6 is 11.8 Å². The van der Waals surface area contributed by atoms with Crippen molar-refractivity contribution in [3.8, 4) is 5.75 Å². The van der Waals surface area contributed by atoms with E-state index in [0.717, 1.165) is 33.0 Å². The van der Waals surface area contributed by atoms with Gasteiger partial charge in [0.2, 0.25) is 0 Å². The van der Waals surface area contributed by atoms with E-state index < -0.39 is 0 Å². The summed E-state index contributed by atoms with van der Waals surface area (Å²) in [5.41, 5.74) is 2.89. The SMILES string of the molecule is COc1ccc2c(C)cc3nnc(SC(C)C(C)=O)n3c2c1. The highest BCUT2D eigenvalue weighted by Gasteiger charge is 2.17. The number of carbonyl (C=O) groups excluding carboxylic acids is 1. The molecule has 0 saturated heterocycles. The van der Waals surface area contributed by atoms with Gasteiger partial charge in [-0.05, 0) is 44.5 Å². The zero-order valence-corrected chi connectivity index (χ0v) is 13.8. The maximum atomic E-state index is 11.5. The monoisotopic (exact) mass is 315 g/mol. The first-order valence-electron chi connectivity index (χ1n) is 7.01. The average molecular weight is 315 g/mol. The van der Waals surface area contributed by atoms with Crippen LogP contribution in [0.5, 0.6) is 5.75 Å². The molecular weight excluding hydrogens is 298 g/mol. The number of hydrogen-bond donors (Lipinski definition) is 0. The number of nitrogens with zero attached hydrogens (tertiary/aromatic N) is 3. The molecule has 0 spiro atoms. The van der Waals surface area contributed by atoms with Crippen molar-refractivity contribution < 1.29 is 9.53 Å². The minimum absolute atomic E-state index is 0.121. The van der Waals surface area contributed by atoms with Crippen molar-refractivity contribution in [1.29, 1.82) is 0 Å². The third-order valence-electron chi connectivity index (χ3n) is 3.73. The molecule has 6 heteroatoms. The lowest BCUT2D eigenvalue weighted by Crippen LogP contribution is -2.09. The minimum Gasteiger partial charge on any atom is -0.497 e. The van der Waals surface area contributed by atoms with Crippen molar-refractivity contribution in [2.24, 2.45) is 0 Å². The molecule has 1 atom stereocenters. The zero-order valence-electron chi connectivity index (χ0n) is 13.0. The number of methoxy groups -OCH3 is 1. The number of aryl methyl sites for hydroxylation is 1. The van der Waals surface area contributed by atoms with E-state index >= 15 is 0 Å². The van der Waals surface area contributed by atoms with Crippen LogP contribution in [0.3, 0.4) is 0 Å². The van der Waals surface area contributed by atoms with Gasteiger partial charge >= 0.3 is 0 Å². The number of carbonyl (C=O) groups is 1. The highest BCUT2D eigenvalue weighted by Crippen LogP contribution is 2.30. The van der Waals surface area contributed by atoms with Crippen LogP contribution in [-0.2, 0) is 4.79 Å². The second-order valence-corrected chi connectivity index (χ2v) is 6.57. The van der Waals surface area contributed by atoms with Gasteiger partial charge in [0.25, 0.3) is 0 Å². The summed E-state index contributed by atoms with van der Waals surface area (Å²) in [5.74, 6) is 0.902. The van der Waals surface area contributed by atoms with Crippen molar-refractivity contribution in [2.45, 2.75) is 31.2 Å². The molecular formula is C16H17N3O2S. The lowest BCUT2D eigenvalue weighted by atomic mass is 10.1. The number of benzene rings is 1. The number of ether oxygens (including phenoxy) is 1. The Bertz CT molecular complexity index is 873. The molecule has 3 aromatic rings. The van der Waals surface area contributed by atoms with Crippen LogP contribution in [0.15, 0.2) is 29.4 Å². The molecule has 5 nitrogen and oxygen atoms in total. The Morgan fingerprint density at radius 1 is 1.32 bits per heavy atom. The number of pyridine rings is 1. The van der Waals surface area contributed by atoms with Crippen LogP contribution in [0.25, 0.3) is 16.6 Å². The summed E-state index contributed by atoms with van der Waals surface area (Å²) in [6.45, 7) is 5.52. The van der Waals surface area contributed by atoms with Crippen LogP contribution in [-0.4, -0.2) is 32.7 Å². The standard InChI is InChI=1S/C16H17N3O2S/c1-9-7-15-17-18-16(22-11(3)10(2)20)19(15)14-8-12(21-4)5-6-13(9)14/h5-8,11H,1-4H3. The Morgan fingerprint density at radius 3 is 2.77 bits per heavy atom. The van der Waals surface area contributed by atoms with E-state index in [9.17, 15) is 4.79 Å². The fourth-order valence-electron chi connectivity index (χ4n) is 2.35. The average Bonchev–Trinajstić information content (AvgIpc) is 2.89. The lowest BCUT2D eigenvalue weighted by Gasteiger charge is -2.10. The molecule has 0 aliphatic heterocycles. The van der Waals surface area contributed by atoms with Crippen molar-refractivity contribution >= 4 is 34.1 Å². The highest BCUT2D eigenvalue weighted by molar-refractivity contribution is 8.00. The van der Waals surface area contributed by atoms with Crippen LogP contribution in [0.2, 0.25) is 0 Å². The molecule has 1 aromatic carbocycles. The molecule has 3 rings (SSSR count). The van der Waals surface area contributed by atoms with Crippen LogP contribution in [0.4, 0.5) is 0 Å². The maximum Gasteiger partial charge on any atom is 0.196 e. The molecule has 0 fully saturated rings. The van der Waals surface area contributed by atoms with Crippen molar-refractivity contribution in [2.75, 3.05) is 7.11 Å². The molecule has 0 N–H and O–H groups in total. The molecule has 114 valence electrons. The lowest BCUT2D eigenvalue weighted by molar-refractivity contribution is -0.116. The first-order chi connectivity index (χ1) is 10.5. The molecule has 0 saturated carbocycles. The van der Waals surface area contributed by atoms with E-state index in [-0.39, 0.29) is 11.0 Å². The Morgan fingerprint density at radius 2 is 2.09 bits per heavy atom. The molecule has 2 heterocycles. The molecule has 1 unspecified atom stereocenters. The number of hydrogen-bond acceptors (Lipinski definition) is 5. The summed E-state index contributed by atoms with van der Waals surface area (Å²) in [5, 5.41) is 10.2. The first kappa shape index (κ1) is 14.8. The zero-order chi connectivity index (χ0) is 15.9. The third kappa shape index (κ3) is 2.43. The molecule has 0 aliphatic carbocycles. The molecule has 0 aliphatic rings. The quantitative estimate of drug-likeness (QED) is 0.692. The van der Waals surface area contributed by atoms with E-state index in [1.807, 2.05) is 35.6 Å². The Kier molecular flexibility index (Phi) is 3.78. The van der Waals surface area contributed by atoms with Gasteiger partial charge < -0.3 is 4.74 Å². The van der Waals surface area contributed by atoms with E-state index in [0.29, 0.717) is 0 Å². The summed E-state index contributed by atoms with van der Waals surface area (Å²) in [7, 11) is 1.65. The minimum atomic E-state index is -0.158. The smallest absolute Gasteiger partial charge is 0.196 e. The van der Waals surface area contributed by atoms with E-state index in [4.69, 9.17) is 4.74 Å². The Balaban J connectivity index is 2.27. The predicted molar refractivity (Wildman–Crippen MR) is 87.8 cm³/mol. The number of thioether (sulfide) groups is 1. The summed E-state index contributed by atoms with van der Waals surface area (Å²) in [6.07, 6.45) is 0. The highest BCUT2D eigenvalue weighted by atomic mass is 32.2. The van der Waals surface area contributed by atoms with Gasteiger partial charge in [-0.3, -0.25) is 9.20 Å². The topological polar surface area (TPSA) is 56.5 Å². The second-order valence-electron chi connectivity index (χ2n) is 5.26. The summed E-state index contributed by atoms with van der Waals surface area (Å²) < 4.78 is 7.31. The van der Waals surface area contributed by atoms with Gasteiger partial charge in [-0.15, -0.1) is 10.2 Å².